The van der Waals surface area contributed by atoms with Gasteiger partial charge in [-0.15, -0.1) is 0 Å². The summed E-state index contributed by atoms with van der Waals surface area (Å²) in [6, 6.07) is 11.2. The van der Waals surface area contributed by atoms with Crippen molar-refractivity contribution in [2.45, 2.75) is 58.3 Å². The first-order valence-corrected chi connectivity index (χ1v) is 10.3. The number of hydrogen-bond donors (Lipinski definition) is 1. The smallest absolute Gasteiger partial charge is 0.271 e. The molecule has 6 heteroatoms. The number of ether oxygens (including phenoxy) is 1. The van der Waals surface area contributed by atoms with Gasteiger partial charge < -0.3 is 9.84 Å². The summed E-state index contributed by atoms with van der Waals surface area (Å²) in [6.45, 7) is 2.95. The first kappa shape index (κ1) is 22.4. The Morgan fingerprint density at radius 3 is 2.31 bits per heavy atom. The van der Waals surface area contributed by atoms with E-state index in [4.69, 9.17) is 4.74 Å². The molecular formula is C23H30N2O4. The first-order chi connectivity index (χ1) is 14.1. The van der Waals surface area contributed by atoms with E-state index in [-0.39, 0.29) is 17.1 Å². The van der Waals surface area contributed by atoms with Gasteiger partial charge >= 0.3 is 0 Å². The van der Waals surface area contributed by atoms with E-state index in [0.717, 1.165) is 17.7 Å². The maximum absolute atomic E-state index is 10.8. The van der Waals surface area contributed by atoms with E-state index in [2.05, 4.69) is 11.9 Å². The highest BCUT2D eigenvalue weighted by molar-refractivity contribution is 5.83. The van der Waals surface area contributed by atoms with Gasteiger partial charge in [0.1, 0.15) is 17.2 Å². The van der Waals surface area contributed by atoms with Crippen LogP contribution in [0.3, 0.4) is 0 Å². The van der Waals surface area contributed by atoms with Gasteiger partial charge in [0.15, 0.2) is 0 Å². The lowest BCUT2D eigenvalue weighted by Crippen LogP contribution is -1.97. The molecular weight excluding hydrogens is 368 g/mol. The predicted octanol–water partition coefficient (Wildman–Crippen LogP) is 6.57. The molecule has 0 unspecified atom stereocenters. The summed E-state index contributed by atoms with van der Waals surface area (Å²) in [6.07, 6.45) is 11.7. The highest BCUT2D eigenvalue weighted by Crippen LogP contribution is 2.30. The SMILES string of the molecule is CCCCCCCCCCOc1ccc(C=Nc2cc([N+](=O)[O-])ccc2O)cc1. The molecule has 2 aromatic carbocycles. The van der Waals surface area contributed by atoms with Crippen LogP contribution in [0.5, 0.6) is 11.5 Å². The molecule has 0 fully saturated rings. The second kappa shape index (κ2) is 12.5. The second-order valence-corrected chi connectivity index (χ2v) is 7.08. The lowest BCUT2D eigenvalue weighted by Gasteiger charge is -2.06. The maximum Gasteiger partial charge on any atom is 0.271 e. The van der Waals surface area contributed by atoms with Crippen molar-refractivity contribution in [1.82, 2.24) is 0 Å². The van der Waals surface area contributed by atoms with Gasteiger partial charge in [-0.1, -0.05) is 51.9 Å². The van der Waals surface area contributed by atoms with Crippen LogP contribution in [-0.4, -0.2) is 22.9 Å². The fourth-order valence-corrected chi connectivity index (χ4v) is 2.95. The van der Waals surface area contributed by atoms with Crippen molar-refractivity contribution < 1.29 is 14.8 Å². The van der Waals surface area contributed by atoms with Crippen LogP contribution >= 0.6 is 0 Å². The third-order valence-electron chi connectivity index (χ3n) is 4.67. The number of rotatable bonds is 13. The molecule has 0 saturated carbocycles. The third-order valence-corrected chi connectivity index (χ3v) is 4.67. The standard InChI is InChI=1S/C23H30N2O4/c1-2-3-4-5-6-7-8-9-16-29-21-13-10-19(11-14-21)18-24-22-17-20(25(27)28)12-15-23(22)26/h10-15,17-18,26H,2-9,16H2,1H3. The van der Waals surface area contributed by atoms with Crippen LogP contribution in [0.15, 0.2) is 47.5 Å². The van der Waals surface area contributed by atoms with Gasteiger partial charge in [-0.05, 0) is 42.3 Å². The fraction of sp³-hybridized carbons (Fsp3) is 0.435. The van der Waals surface area contributed by atoms with Crippen LogP contribution in [0.25, 0.3) is 0 Å². The van der Waals surface area contributed by atoms with E-state index in [1.165, 1.54) is 63.1 Å². The van der Waals surface area contributed by atoms with E-state index >= 15 is 0 Å². The third kappa shape index (κ3) is 8.34. The van der Waals surface area contributed by atoms with Crippen molar-refractivity contribution in [3.05, 3.63) is 58.1 Å². The minimum atomic E-state index is -0.517. The van der Waals surface area contributed by atoms with Gasteiger partial charge in [-0.2, -0.15) is 0 Å². The van der Waals surface area contributed by atoms with E-state index in [1.54, 1.807) is 6.21 Å². The molecule has 0 saturated heterocycles. The zero-order valence-corrected chi connectivity index (χ0v) is 17.0. The molecule has 0 spiro atoms. The molecule has 2 aromatic rings. The summed E-state index contributed by atoms with van der Waals surface area (Å²) >= 11 is 0. The van der Waals surface area contributed by atoms with Crippen LogP contribution in [-0.2, 0) is 0 Å². The summed E-state index contributed by atoms with van der Waals surface area (Å²) in [5.41, 5.74) is 0.865. The number of unbranched alkanes of at least 4 members (excludes halogenated alkanes) is 7. The second-order valence-electron chi connectivity index (χ2n) is 7.08. The molecule has 0 aliphatic heterocycles. The van der Waals surface area contributed by atoms with Crippen LogP contribution in [0.1, 0.15) is 63.9 Å². The minimum Gasteiger partial charge on any atom is -0.506 e. The average molecular weight is 399 g/mol. The zero-order chi connectivity index (χ0) is 20.9. The number of hydrogen-bond acceptors (Lipinski definition) is 5. The van der Waals surface area contributed by atoms with Gasteiger partial charge in [0, 0.05) is 18.3 Å². The number of aromatic hydroxyl groups is 1. The molecule has 156 valence electrons. The molecule has 6 nitrogen and oxygen atoms in total. The van der Waals surface area contributed by atoms with Crippen molar-refractivity contribution in [3.63, 3.8) is 0 Å². The Balaban J connectivity index is 1.74. The first-order valence-electron chi connectivity index (χ1n) is 10.3. The maximum atomic E-state index is 10.8. The Morgan fingerprint density at radius 1 is 1.00 bits per heavy atom. The van der Waals surface area contributed by atoms with Gasteiger partial charge in [0.25, 0.3) is 5.69 Å². The van der Waals surface area contributed by atoms with Crippen molar-refractivity contribution in [3.8, 4) is 11.5 Å². The highest BCUT2D eigenvalue weighted by atomic mass is 16.6. The van der Waals surface area contributed by atoms with E-state index in [9.17, 15) is 15.2 Å². The van der Waals surface area contributed by atoms with Crippen molar-refractivity contribution >= 4 is 17.6 Å². The number of aliphatic imine (C=N–C) groups is 1. The zero-order valence-electron chi connectivity index (χ0n) is 17.0. The van der Waals surface area contributed by atoms with Crippen LogP contribution in [0.2, 0.25) is 0 Å². The molecule has 0 heterocycles. The quantitative estimate of drug-likeness (QED) is 0.179. The van der Waals surface area contributed by atoms with E-state index in [1.807, 2.05) is 24.3 Å². The Kier molecular flexibility index (Phi) is 9.69. The van der Waals surface area contributed by atoms with Gasteiger partial charge in [-0.3, -0.25) is 15.1 Å². The van der Waals surface area contributed by atoms with Gasteiger partial charge in [0.2, 0.25) is 0 Å². The van der Waals surface area contributed by atoms with Crippen molar-refractivity contribution in [1.29, 1.82) is 0 Å². The number of phenols is 1. The van der Waals surface area contributed by atoms with Gasteiger partial charge in [-0.25, -0.2) is 0 Å². The molecule has 0 amide bonds. The summed E-state index contributed by atoms with van der Waals surface area (Å²) < 4.78 is 5.77. The summed E-state index contributed by atoms with van der Waals surface area (Å²) in [7, 11) is 0. The van der Waals surface area contributed by atoms with Gasteiger partial charge in [0.05, 0.1) is 11.5 Å². The van der Waals surface area contributed by atoms with E-state index < -0.39 is 4.92 Å². The largest absolute Gasteiger partial charge is 0.506 e. The molecule has 29 heavy (non-hydrogen) atoms. The molecule has 0 bridgehead atoms. The lowest BCUT2D eigenvalue weighted by molar-refractivity contribution is -0.384. The number of nitro groups is 1. The summed E-state index contributed by atoms with van der Waals surface area (Å²) in [4.78, 5) is 14.5. The summed E-state index contributed by atoms with van der Waals surface area (Å²) in [5, 5.41) is 20.6. The average Bonchev–Trinajstić information content (AvgIpc) is 2.72. The number of nitro benzene ring substituents is 1. The number of non-ortho nitro benzene ring substituents is 1. The number of phenolic OH excluding ortho intramolecular Hbond substituents is 1. The highest BCUT2D eigenvalue weighted by Gasteiger charge is 2.09. The Morgan fingerprint density at radius 2 is 1.66 bits per heavy atom. The minimum absolute atomic E-state index is 0.0998. The molecule has 2 rings (SSSR count). The predicted molar refractivity (Wildman–Crippen MR) is 117 cm³/mol. The van der Waals surface area contributed by atoms with E-state index in [0.29, 0.717) is 6.61 Å². The van der Waals surface area contributed by atoms with Crippen molar-refractivity contribution in [2.75, 3.05) is 6.61 Å². The Hall–Kier alpha value is -2.89. The topological polar surface area (TPSA) is 85.0 Å². The molecule has 0 aliphatic rings. The molecule has 1 N–H and O–H groups in total. The Bertz CT molecular complexity index is 788. The lowest BCUT2D eigenvalue weighted by atomic mass is 10.1. The molecule has 0 aliphatic carbocycles. The fourth-order valence-electron chi connectivity index (χ4n) is 2.95. The van der Waals surface area contributed by atoms with Crippen LogP contribution in [0, 0.1) is 10.1 Å². The van der Waals surface area contributed by atoms with Crippen molar-refractivity contribution in [2.24, 2.45) is 4.99 Å². The molecule has 0 radical (unpaired) electrons. The van der Waals surface area contributed by atoms with Crippen LogP contribution < -0.4 is 4.74 Å². The van der Waals surface area contributed by atoms with Crippen LogP contribution in [0.4, 0.5) is 11.4 Å². The monoisotopic (exact) mass is 398 g/mol. The molecule has 0 atom stereocenters. The molecule has 0 aromatic heterocycles. The number of nitrogens with zero attached hydrogens (tertiary/aromatic N) is 2. The number of benzene rings is 2. The normalized spacial score (nSPS) is 11.1. The summed E-state index contributed by atoms with van der Waals surface area (Å²) in [5.74, 6) is 0.709. The Labute approximate surface area is 172 Å².